The van der Waals surface area contributed by atoms with Crippen molar-refractivity contribution in [3.63, 3.8) is 0 Å². The summed E-state index contributed by atoms with van der Waals surface area (Å²) in [5.74, 6) is -0.237. The van der Waals surface area contributed by atoms with E-state index in [9.17, 15) is 18.8 Å². The zero-order valence-electron chi connectivity index (χ0n) is 11.5. The first kappa shape index (κ1) is 14.8. The number of ether oxygens (including phenoxy) is 1. The van der Waals surface area contributed by atoms with Gasteiger partial charge in [0.1, 0.15) is 5.41 Å². The predicted molar refractivity (Wildman–Crippen MR) is 70.1 cm³/mol. The van der Waals surface area contributed by atoms with Crippen LogP contribution in [-0.2, 0) is 14.6 Å². The molecule has 2 aliphatic rings. The van der Waals surface area contributed by atoms with E-state index in [2.05, 4.69) is 6.07 Å². The Hall–Kier alpha value is -0.640. The van der Waals surface area contributed by atoms with Crippen LogP contribution in [0.3, 0.4) is 0 Å². The van der Waals surface area contributed by atoms with Crippen molar-refractivity contribution in [2.45, 2.75) is 50.7 Å². The summed E-state index contributed by atoms with van der Waals surface area (Å²) in [6.07, 6.45) is 1.59. The van der Waals surface area contributed by atoms with Gasteiger partial charge in [0.25, 0.3) is 0 Å². The van der Waals surface area contributed by atoms with E-state index >= 15 is 0 Å². The molecule has 108 valence electrons. The van der Waals surface area contributed by atoms with E-state index in [0.29, 0.717) is 19.4 Å². The lowest BCUT2D eigenvalue weighted by Crippen LogP contribution is -2.57. The van der Waals surface area contributed by atoms with E-state index in [1.165, 1.54) is 0 Å². The van der Waals surface area contributed by atoms with Crippen molar-refractivity contribution < 1.29 is 18.3 Å². The molecule has 0 spiro atoms. The first-order chi connectivity index (χ1) is 8.70. The molecule has 0 amide bonds. The average molecular weight is 287 g/mol. The molecule has 0 aromatic carbocycles. The molecule has 0 saturated carbocycles. The molecule has 1 N–H and O–H groups in total. The van der Waals surface area contributed by atoms with Gasteiger partial charge in [0.2, 0.25) is 0 Å². The molecule has 3 unspecified atom stereocenters. The van der Waals surface area contributed by atoms with Gasteiger partial charge >= 0.3 is 0 Å². The topological polar surface area (TPSA) is 87.4 Å². The van der Waals surface area contributed by atoms with Gasteiger partial charge in [0.15, 0.2) is 9.84 Å². The Morgan fingerprint density at radius 1 is 1.42 bits per heavy atom. The van der Waals surface area contributed by atoms with Gasteiger partial charge in [0, 0.05) is 12.8 Å². The van der Waals surface area contributed by atoms with Crippen LogP contribution in [0.5, 0.6) is 0 Å². The van der Waals surface area contributed by atoms with Crippen molar-refractivity contribution in [3.05, 3.63) is 0 Å². The van der Waals surface area contributed by atoms with Gasteiger partial charge < -0.3 is 9.84 Å². The molecule has 5 nitrogen and oxygen atoms in total. The summed E-state index contributed by atoms with van der Waals surface area (Å²) in [5.41, 5.74) is -2.93. The van der Waals surface area contributed by atoms with Crippen molar-refractivity contribution in [1.82, 2.24) is 0 Å². The van der Waals surface area contributed by atoms with E-state index in [1.54, 1.807) is 0 Å². The molecular weight excluding hydrogens is 266 g/mol. The molecule has 2 aliphatic heterocycles. The molecule has 19 heavy (non-hydrogen) atoms. The Balaban J connectivity index is 2.36. The van der Waals surface area contributed by atoms with Gasteiger partial charge in [-0.25, -0.2) is 8.42 Å². The summed E-state index contributed by atoms with van der Waals surface area (Å²) in [7, 11) is -3.22. The maximum atomic E-state index is 11.7. The highest BCUT2D eigenvalue weighted by Gasteiger charge is 2.59. The number of hydrogen-bond acceptors (Lipinski definition) is 5. The van der Waals surface area contributed by atoms with Crippen LogP contribution in [0.1, 0.15) is 39.5 Å². The van der Waals surface area contributed by atoms with Gasteiger partial charge in [-0.3, -0.25) is 0 Å². The second kappa shape index (κ2) is 4.44. The van der Waals surface area contributed by atoms with E-state index in [4.69, 9.17) is 4.74 Å². The highest BCUT2D eigenvalue weighted by Crippen LogP contribution is 2.50. The number of nitriles is 1. The van der Waals surface area contributed by atoms with Crippen molar-refractivity contribution in [2.24, 2.45) is 5.41 Å². The fourth-order valence-corrected chi connectivity index (χ4v) is 5.30. The Kier molecular flexibility index (Phi) is 3.45. The van der Waals surface area contributed by atoms with Gasteiger partial charge in [-0.2, -0.15) is 5.26 Å². The van der Waals surface area contributed by atoms with Crippen LogP contribution in [0.4, 0.5) is 0 Å². The fourth-order valence-electron chi connectivity index (χ4n) is 3.27. The Bertz CT molecular complexity index is 511. The molecular formula is C13H21NO4S. The van der Waals surface area contributed by atoms with Crippen molar-refractivity contribution in [3.8, 4) is 6.07 Å². The fraction of sp³-hybridized carbons (Fsp3) is 0.923. The number of hydrogen-bond donors (Lipinski definition) is 1. The summed E-state index contributed by atoms with van der Waals surface area (Å²) < 4.78 is 29.1. The van der Waals surface area contributed by atoms with Crippen LogP contribution in [0.15, 0.2) is 0 Å². The minimum atomic E-state index is -3.22. The lowest BCUT2D eigenvalue weighted by Gasteiger charge is -2.48. The maximum Gasteiger partial charge on any atom is 0.152 e. The maximum absolute atomic E-state index is 11.7. The van der Waals surface area contributed by atoms with Gasteiger partial charge in [-0.15, -0.1) is 0 Å². The first-order valence-corrected chi connectivity index (χ1v) is 8.50. The minimum absolute atomic E-state index is 0.00737. The highest BCUT2D eigenvalue weighted by molar-refractivity contribution is 7.91. The standard InChI is InChI=1S/C13H21NO4S/c1-3-11(2)8-13(15,4-6-18-11)12(9-14)5-7-19(16,17)10-12/h15H,3-8,10H2,1-2H3. The first-order valence-electron chi connectivity index (χ1n) is 6.68. The second-order valence-corrected chi connectivity index (χ2v) is 8.33. The number of rotatable bonds is 2. The second-order valence-electron chi connectivity index (χ2n) is 6.15. The van der Waals surface area contributed by atoms with Crippen LogP contribution in [0.2, 0.25) is 0 Å². The quantitative estimate of drug-likeness (QED) is 0.819. The van der Waals surface area contributed by atoms with Crippen LogP contribution < -0.4 is 0 Å². The lowest BCUT2D eigenvalue weighted by atomic mass is 9.65. The zero-order chi connectivity index (χ0) is 14.4. The van der Waals surface area contributed by atoms with Gasteiger partial charge in [0.05, 0.1) is 35.4 Å². The monoisotopic (exact) mass is 287 g/mol. The molecule has 0 bridgehead atoms. The summed E-state index contributed by atoms with van der Waals surface area (Å²) >= 11 is 0. The summed E-state index contributed by atoms with van der Waals surface area (Å²) in [6.45, 7) is 4.24. The van der Waals surface area contributed by atoms with Gasteiger partial charge in [-0.05, 0) is 19.8 Å². The predicted octanol–water partition coefficient (Wildman–Crippen LogP) is 1.03. The molecule has 2 heterocycles. The lowest BCUT2D eigenvalue weighted by molar-refractivity contribution is -0.184. The molecule has 0 aromatic heterocycles. The summed E-state index contributed by atoms with van der Waals surface area (Å²) in [4.78, 5) is 0. The molecule has 2 saturated heterocycles. The van der Waals surface area contributed by atoms with E-state index in [1.807, 2.05) is 13.8 Å². The molecule has 0 aliphatic carbocycles. The smallest absolute Gasteiger partial charge is 0.152 e. The third-order valence-corrected chi connectivity index (χ3v) is 6.55. The Morgan fingerprint density at radius 2 is 2.11 bits per heavy atom. The van der Waals surface area contributed by atoms with Crippen molar-refractivity contribution in [2.75, 3.05) is 18.1 Å². The zero-order valence-corrected chi connectivity index (χ0v) is 12.3. The third kappa shape index (κ3) is 2.39. The normalized spacial score (nSPS) is 45.8. The van der Waals surface area contributed by atoms with Crippen LogP contribution in [-0.4, -0.2) is 42.8 Å². The molecule has 3 atom stereocenters. The van der Waals surface area contributed by atoms with Crippen molar-refractivity contribution in [1.29, 1.82) is 5.26 Å². The highest BCUT2D eigenvalue weighted by atomic mass is 32.2. The van der Waals surface area contributed by atoms with E-state index in [0.717, 1.165) is 6.42 Å². The Labute approximate surface area is 114 Å². The van der Waals surface area contributed by atoms with Crippen molar-refractivity contribution >= 4 is 9.84 Å². The van der Waals surface area contributed by atoms with E-state index < -0.39 is 26.5 Å². The van der Waals surface area contributed by atoms with Gasteiger partial charge in [-0.1, -0.05) is 6.92 Å². The van der Waals surface area contributed by atoms with Crippen LogP contribution >= 0.6 is 0 Å². The Morgan fingerprint density at radius 3 is 2.58 bits per heavy atom. The largest absolute Gasteiger partial charge is 0.388 e. The molecule has 2 fully saturated rings. The third-order valence-electron chi connectivity index (χ3n) is 4.79. The molecule has 0 radical (unpaired) electrons. The SMILES string of the molecule is CCC1(C)CC(O)(C2(C#N)CCS(=O)(=O)C2)CCO1. The number of nitrogens with zero attached hydrogens (tertiary/aromatic N) is 1. The van der Waals surface area contributed by atoms with E-state index in [-0.39, 0.29) is 17.9 Å². The average Bonchev–Trinajstić information content (AvgIpc) is 2.67. The number of aliphatic hydroxyl groups is 1. The molecule has 6 heteroatoms. The van der Waals surface area contributed by atoms with Crippen LogP contribution in [0, 0.1) is 16.7 Å². The number of sulfone groups is 1. The molecule has 2 rings (SSSR count). The summed E-state index contributed by atoms with van der Waals surface area (Å²) in [5, 5.41) is 20.4. The molecule has 0 aromatic rings. The van der Waals surface area contributed by atoms with Crippen LogP contribution in [0.25, 0.3) is 0 Å². The summed E-state index contributed by atoms with van der Waals surface area (Å²) in [6, 6.07) is 2.12. The minimum Gasteiger partial charge on any atom is -0.388 e.